The van der Waals surface area contributed by atoms with Crippen LogP contribution in [0.3, 0.4) is 0 Å². The minimum Gasteiger partial charge on any atom is -0.493 e. The fourth-order valence-electron chi connectivity index (χ4n) is 3.36. The van der Waals surface area contributed by atoms with E-state index in [-0.39, 0.29) is 11.6 Å². The van der Waals surface area contributed by atoms with Crippen molar-refractivity contribution in [3.05, 3.63) is 48.9 Å². The summed E-state index contributed by atoms with van der Waals surface area (Å²) in [4.78, 5) is 36.7. The number of benzene rings is 1. The van der Waals surface area contributed by atoms with Crippen LogP contribution in [0.25, 0.3) is 33.5 Å². The Morgan fingerprint density at radius 2 is 1.91 bits per heavy atom. The number of aromatic nitrogens is 5. The van der Waals surface area contributed by atoms with Gasteiger partial charge >= 0.3 is 6.09 Å². The summed E-state index contributed by atoms with van der Waals surface area (Å²) >= 11 is 0. The van der Waals surface area contributed by atoms with Gasteiger partial charge in [-0.2, -0.15) is 5.10 Å². The molecule has 0 bridgehead atoms. The van der Waals surface area contributed by atoms with Crippen LogP contribution in [0.15, 0.2) is 48.9 Å². The van der Waals surface area contributed by atoms with Crippen molar-refractivity contribution in [3.63, 3.8) is 0 Å². The third-order valence-electron chi connectivity index (χ3n) is 4.90. The first-order chi connectivity index (χ1) is 15.9. The highest BCUT2D eigenvalue weighted by Gasteiger charge is 2.21. The van der Waals surface area contributed by atoms with Crippen molar-refractivity contribution in [1.29, 1.82) is 0 Å². The molecule has 1 unspecified atom stereocenters. The van der Waals surface area contributed by atoms with Gasteiger partial charge in [-0.15, -0.1) is 0 Å². The molecule has 1 atom stereocenters. The summed E-state index contributed by atoms with van der Waals surface area (Å²) < 4.78 is 7.06. The molecule has 0 aliphatic heterocycles. The standard InChI is InChI=1S/C22H21N7O4/c1-12(25-22(31)32)21(30)27-20-16(33-3)9-15-19(26-20)18(24-11-23-15)14-10-29(2)28-17(14)13-7-5-4-6-8-13/h4-12,25H,1-3H3,(H,31,32)(H,26,27,30). The van der Waals surface area contributed by atoms with Crippen LogP contribution in [0.1, 0.15) is 6.92 Å². The number of carbonyl (C=O) groups excluding carboxylic acids is 1. The number of ether oxygens (including phenoxy) is 1. The van der Waals surface area contributed by atoms with E-state index in [1.807, 2.05) is 43.6 Å². The lowest BCUT2D eigenvalue weighted by atomic mass is 10.0. The molecule has 1 aromatic carbocycles. The average Bonchev–Trinajstić information content (AvgIpc) is 3.19. The van der Waals surface area contributed by atoms with Gasteiger partial charge in [-0.05, 0) is 6.92 Å². The van der Waals surface area contributed by atoms with Crippen molar-refractivity contribution in [2.75, 3.05) is 12.4 Å². The Bertz CT molecular complexity index is 1340. The molecule has 0 spiro atoms. The van der Waals surface area contributed by atoms with Crippen LogP contribution in [0.2, 0.25) is 0 Å². The summed E-state index contributed by atoms with van der Waals surface area (Å²) in [6, 6.07) is 10.3. The van der Waals surface area contributed by atoms with Crippen molar-refractivity contribution >= 4 is 28.9 Å². The maximum absolute atomic E-state index is 12.5. The highest BCUT2D eigenvalue weighted by atomic mass is 16.5. The minimum absolute atomic E-state index is 0.121. The number of amides is 2. The fourth-order valence-corrected chi connectivity index (χ4v) is 3.36. The molecular formula is C22H21N7O4. The molecule has 11 nitrogen and oxygen atoms in total. The van der Waals surface area contributed by atoms with Gasteiger partial charge in [0.05, 0.1) is 12.6 Å². The van der Waals surface area contributed by atoms with Gasteiger partial charge in [0, 0.05) is 30.4 Å². The van der Waals surface area contributed by atoms with Crippen molar-refractivity contribution in [2.24, 2.45) is 7.05 Å². The Balaban J connectivity index is 1.83. The van der Waals surface area contributed by atoms with E-state index in [0.717, 1.165) is 16.8 Å². The van der Waals surface area contributed by atoms with Crippen LogP contribution in [0.4, 0.5) is 10.6 Å². The molecule has 2 amide bonds. The Kier molecular flexibility index (Phi) is 5.85. The van der Waals surface area contributed by atoms with Crippen LogP contribution in [-0.2, 0) is 11.8 Å². The van der Waals surface area contributed by atoms with Crippen LogP contribution in [0, 0.1) is 0 Å². The van der Waals surface area contributed by atoms with Crippen molar-refractivity contribution in [1.82, 2.24) is 30.0 Å². The number of rotatable bonds is 6. The number of hydrogen-bond donors (Lipinski definition) is 3. The zero-order valence-electron chi connectivity index (χ0n) is 18.1. The minimum atomic E-state index is -1.31. The predicted molar refractivity (Wildman–Crippen MR) is 121 cm³/mol. The molecule has 0 fully saturated rings. The summed E-state index contributed by atoms with van der Waals surface area (Å²) in [5.41, 5.74) is 3.84. The van der Waals surface area contributed by atoms with Crippen LogP contribution < -0.4 is 15.4 Å². The lowest BCUT2D eigenvalue weighted by molar-refractivity contribution is -0.117. The summed E-state index contributed by atoms with van der Waals surface area (Å²) in [7, 11) is 3.26. The molecule has 3 aromatic heterocycles. The number of anilines is 1. The molecule has 4 rings (SSSR count). The number of fused-ring (bicyclic) bond motifs is 1. The second-order valence-corrected chi connectivity index (χ2v) is 7.22. The first-order valence-corrected chi connectivity index (χ1v) is 9.97. The number of hydrogen-bond acceptors (Lipinski definition) is 7. The van der Waals surface area contributed by atoms with Crippen LogP contribution >= 0.6 is 0 Å². The topological polar surface area (TPSA) is 144 Å². The highest BCUT2D eigenvalue weighted by Crippen LogP contribution is 2.35. The zero-order chi connectivity index (χ0) is 23.5. The van der Waals surface area contributed by atoms with Crippen LogP contribution in [-0.4, -0.2) is 55.0 Å². The average molecular weight is 447 g/mol. The van der Waals surface area contributed by atoms with Gasteiger partial charge in [-0.25, -0.2) is 19.7 Å². The van der Waals surface area contributed by atoms with Crippen molar-refractivity contribution < 1.29 is 19.4 Å². The molecule has 0 radical (unpaired) electrons. The van der Waals surface area contributed by atoms with E-state index in [2.05, 4.69) is 30.7 Å². The van der Waals surface area contributed by atoms with E-state index < -0.39 is 18.0 Å². The normalized spacial score (nSPS) is 11.7. The highest BCUT2D eigenvalue weighted by molar-refractivity contribution is 5.99. The van der Waals surface area contributed by atoms with Gasteiger partial charge in [0.2, 0.25) is 5.91 Å². The maximum atomic E-state index is 12.5. The van der Waals surface area contributed by atoms with E-state index in [9.17, 15) is 9.59 Å². The van der Waals surface area contributed by atoms with Crippen molar-refractivity contribution in [3.8, 4) is 28.3 Å². The molecule has 3 N–H and O–H groups in total. The summed E-state index contributed by atoms with van der Waals surface area (Å²) in [5, 5.41) is 18.2. The molecule has 0 aliphatic rings. The number of carbonyl (C=O) groups is 2. The molecule has 11 heteroatoms. The SMILES string of the molecule is COc1cc2ncnc(-c3cn(C)nc3-c3ccccc3)c2nc1NC(=O)C(C)NC(=O)O. The molecule has 4 aromatic rings. The van der Waals surface area contributed by atoms with Gasteiger partial charge in [0.1, 0.15) is 29.3 Å². The van der Waals surface area contributed by atoms with Crippen LogP contribution in [0.5, 0.6) is 5.75 Å². The summed E-state index contributed by atoms with van der Waals surface area (Å²) in [5.74, 6) is -0.194. The first kappa shape index (κ1) is 21.7. The smallest absolute Gasteiger partial charge is 0.405 e. The maximum Gasteiger partial charge on any atom is 0.405 e. The molecule has 3 heterocycles. The third kappa shape index (κ3) is 4.42. The largest absolute Gasteiger partial charge is 0.493 e. The monoisotopic (exact) mass is 447 g/mol. The predicted octanol–water partition coefficient (Wildman–Crippen LogP) is 2.70. The molecular weight excluding hydrogens is 426 g/mol. The molecule has 0 saturated carbocycles. The Morgan fingerprint density at radius 3 is 2.61 bits per heavy atom. The van der Waals surface area contributed by atoms with Gasteiger partial charge in [-0.1, -0.05) is 30.3 Å². The lowest BCUT2D eigenvalue weighted by Gasteiger charge is -2.15. The molecule has 0 saturated heterocycles. The van der Waals surface area contributed by atoms with E-state index >= 15 is 0 Å². The van der Waals surface area contributed by atoms with E-state index in [1.165, 1.54) is 20.4 Å². The molecule has 33 heavy (non-hydrogen) atoms. The third-order valence-corrected chi connectivity index (χ3v) is 4.90. The second-order valence-electron chi connectivity index (χ2n) is 7.22. The number of carboxylic acid groups (broad SMARTS) is 1. The van der Waals surface area contributed by atoms with Gasteiger partial charge in [-0.3, -0.25) is 9.48 Å². The number of methoxy groups -OCH3 is 1. The molecule has 0 aliphatic carbocycles. The Morgan fingerprint density at radius 1 is 1.15 bits per heavy atom. The Labute approximate surface area is 188 Å². The van der Waals surface area contributed by atoms with E-state index in [4.69, 9.17) is 9.84 Å². The number of pyridine rings is 1. The van der Waals surface area contributed by atoms with Gasteiger partial charge in [0.25, 0.3) is 0 Å². The second kappa shape index (κ2) is 8.91. The van der Waals surface area contributed by atoms with E-state index in [1.54, 1.807) is 10.7 Å². The Hall–Kier alpha value is -4.54. The number of nitrogens with one attached hydrogen (secondary N) is 2. The van der Waals surface area contributed by atoms with Crippen molar-refractivity contribution in [2.45, 2.75) is 13.0 Å². The summed E-state index contributed by atoms with van der Waals surface area (Å²) in [6.07, 6.45) is 1.96. The number of nitrogens with zero attached hydrogens (tertiary/aromatic N) is 5. The lowest BCUT2D eigenvalue weighted by Crippen LogP contribution is -2.41. The van der Waals surface area contributed by atoms with Gasteiger partial charge in [0.15, 0.2) is 11.6 Å². The zero-order valence-corrected chi connectivity index (χ0v) is 18.1. The summed E-state index contributed by atoms with van der Waals surface area (Å²) in [6.45, 7) is 1.42. The number of aryl methyl sites for hydroxylation is 1. The molecule has 168 valence electrons. The van der Waals surface area contributed by atoms with Gasteiger partial charge < -0.3 is 20.5 Å². The quantitative estimate of drug-likeness (QED) is 0.409. The van der Waals surface area contributed by atoms with E-state index in [0.29, 0.717) is 16.7 Å². The first-order valence-electron chi connectivity index (χ1n) is 9.97. The fraction of sp³-hybridized carbons (Fsp3) is 0.182.